The van der Waals surface area contributed by atoms with Crippen LogP contribution in [0.5, 0.6) is 0 Å². The fourth-order valence-corrected chi connectivity index (χ4v) is 2.26. The van der Waals surface area contributed by atoms with Gasteiger partial charge in [-0.3, -0.25) is 5.41 Å². The maximum absolute atomic E-state index is 7.32. The topological polar surface area (TPSA) is 75.7 Å². The lowest BCUT2D eigenvalue weighted by molar-refractivity contribution is 0.932. The Morgan fingerprint density at radius 1 is 1.28 bits per heavy atom. The van der Waals surface area contributed by atoms with Crippen LogP contribution in [0.1, 0.15) is 16.8 Å². The first-order valence-electron chi connectivity index (χ1n) is 5.51. The molecule has 0 saturated carbocycles. The molecule has 0 radical (unpaired) electrons. The number of amidine groups is 1. The van der Waals surface area contributed by atoms with Gasteiger partial charge in [0, 0.05) is 23.2 Å². The third-order valence-corrected chi connectivity index (χ3v) is 3.34. The second kappa shape index (κ2) is 5.64. The molecular formula is C13H14N4S. The van der Waals surface area contributed by atoms with Crippen LogP contribution in [-0.2, 0) is 5.75 Å². The number of benzene rings is 1. The van der Waals surface area contributed by atoms with Crippen LogP contribution < -0.4 is 5.73 Å². The van der Waals surface area contributed by atoms with Crippen molar-refractivity contribution >= 4 is 17.6 Å². The number of hydrogen-bond acceptors (Lipinski definition) is 4. The van der Waals surface area contributed by atoms with Gasteiger partial charge >= 0.3 is 0 Å². The Morgan fingerprint density at radius 3 is 2.61 bits per heavy atom. The molecule has 0 amide bonds. The zero-order chi connectivity index (χ0) is 13.0. The Hall–Kier alpha value is -1.88. The Labute approximate surface area is 110 Å². The highest BCUT2D eigenvalue weighted by molar-refractivity contribution is 7.98. The van der Waals surface area contributed by atoms with Crippen molar-refractivity contribution in [1.29, 1.82) is 5.41 Å². The van der Waals surface area contributed by atoms with Gasteiger partial charge in [-0.1, -0.05) is 36.0 Å². The van der Waals surface area contributed by atoms with Gasteiger partial charge in [-0.15, -0.1) is 0 Å². The lowest BCUT2D eigenvalue weighted by Gasteiger charge is -2.03. The van der Waals surface area contributed by atoms with E-state index in [4.69, 9.17) is 11.1 Å². The summed E-state index contributed by atoms with van der Waals surface area (Å²) in [6.07, 6.45) is 1.77. The molecule has 92 valence electrons. The van der Waals surface area contributed by atoms with Crippen molar-refractivity contribution in [2.45, 2.75) is 17.8 Å². The molecule has 0 atom stereocenters. The fourth-order valence-electron chi connectivity index (χ4n) is 1.42. The number of nitrogen functional groups attached to an aromatic ring is 1. The van der Waals surface area contributed by atoms with Crippen molar-refractivity contribution in [2.75, 3.05) is 0 Å². The van der Waals surface area contributed by atoms with Crippen LogP contribution in [0.15, 0.2) is 41.7 Å². The zero-order valence-corrected chi connectivity index (χ0v) is 10.9. The molecule has 1 aromatic carbocycles. The number of nitrogens with zero attached hydrogens (tertiary/aromatic N) is 2. The normalized spacial score (nSPS) is 10.3. The SMILES string of the molecule is Cc1ccnc(SCc2ccc(C(=N)N)cc2)n1. The van der Waals surface area contributed by atoms with Gasteiger partial charge in [-0.2, -0.15) is 0 Å². The quantitative estimate of drug-likeness (QED) is 0.382. The number of hydrogen-bond donors (Lipinski definition) is 2. The zero-order valence-electron chi connectivity index (χ0n) is 10.1. The van der Waals surface area contributed by atoms with Crippen LogP contribution in [-0.4, -0.2) is 15.8 Å². The van der Waals surface area contributed by atoms with E-state index in [2.05, 4.69) is 9.97 Å². The third-order valence-electron chi connectivity index (χ3n) is 2.41. The Morgan fingerprint density at radius 2 is 2.00 bits per heavy atom. The summed E-state index contributed by atoms with van der Waals surface area (Å²) >= 11 is 1.59. The molecule has 1 aromatic heterocycles. The van der Waals surface area contributed by atoms with Crippen molar-refractivity contribution < 1.29 is 0 Å². The Bertz CT molecular complexity index is 551. The maximum atomic E-state index is 7.32. The summed E-state index contributed by atoms with van der Waals surface area (Å²) in [5.41, 5.74) is 8.28. The average molecular weight is 258 g/mol. The highest BCUT2D eigenvalue weighted by Gasteiger charge is 2.01. The van der Waals surface area contributed by atoms with E-state index in [1.165, 1.54) is 0 Å². The second-order valence-corrected chi connectivity index (χ2v) is 4.82. The molecule has 0 spiro atoms. The van der Waals surface area contributed by atoms with Gasteiger partial charge in [0.25, 0.3) is 0 Å². The van der Waals surface area contributed by atoms with E-state index in [0.29, 0.717) is 0 Å². The summed E-state index contributed by atoms with van der Waals surface area (Å²) in [5.74, 6) is 0.901. The molecule has 0 fully saturated rings. The van der Waals surface area contributed by atoms with Crippen molar-refractivity contribution in [2.24, 2.45) is 5.73 Å². The minimum Gasteiger partial charge on any atom is -0.384 e. The van der Waals surface area contributed by atoms with Crippen LogP contribution in [0.4, 0.5) is 0 Å². The predicted molar refractivity (Wildman–Crippen MR) is 73.8 cm³/mol. The molecule has 0 aliphatic rings. The molecule has 0 unspecified atom stereocenters. The minimum atomic E-state index is 0.0937. The number of nitrogens with one attached hydrogen (secondary N) is 1. The molecule has 18 heavy (non-hydrogen) atoms. The second-order valence-electron chi connectivity index (χ2n) is 3.88. The van der Waals surface area contributed by atoms with Gasteiger partial charge in [0.1, 0.15) is 5.84 Å². The van der Waals surface area contributed by atoms with E-state index in [1.807, 2.05) is 37.3 Å². The predicted octanol–water partition coefficient (Wildman–Crippen LogP) is 2.36. The Balaban J connectivity index is 2.00. The highest BCUT2D eigenvalue weighted by atomic mass is 32.2. The summed E-state index contributed by atoms with van der Waals surface area (Å²) in [6.45, 7) is 1.95. The van der Waals surface area contributed by atoms with E-state index < -0.39 is 0 Å². The van der Waals surface area contributed by atoms with E-state index in [0.717, 1.165) is 27.7 Å². The maximum Gasteiger partial charge on any atom is 0.188 e. The van der Waals surface area contributed by atoms with Crippen LogP contribution in [0, 0.1) is 12.3 Å². The van der Waals surface area contributed by atoms with Gasteiger partial charge in [-0.25, -0.2) is 9.97 Å². The number of thioether (sulfide) groups is 1. The van der Waals surface area contributed by atoms with Gasteiger partial charge in [0.15, 0.2) is 5.16 Å². The van der Waals surface area contributed by atoms with E-state index >= 15 is 0 Å². The first-order chi connectivity index (χ1) is 8.65. The Kier molecular flexibility index (Phi) is 3.94. The number of nitrogens with two attached hydrogens (primary N) is 1. The lowest BCUT2D eigenvalue weighted by atomic mass is 10.1. The summed E-state index contributed by atoms with van der Waals surface area (Å²) < 4.78 is 0. The summed E-state index contributed by atoms with van der Waals surface area (Å²) in [6, 6.07) is 9.54. The summed E-state index contributed by atoms with van der Waals surface area (Å²) in [5, 5.41) is 8.10. The van der Waals surface area contributed by atoms with Crippen LogP contribution in [0.25, 0.3) is 0 Å². The molecular weight excluding hydrogens is 244 g/mol. The standard InChI is InChI=1S/C13H14N4S/c1-9-6-7-16-13(17-9)18-8-10-2-4-11(5-3-10)12(14)15/h2-7H,8H2,1H3,(H3,14,15). The van der Waals surface area contributed by atoms with E-state index in [9.17, 15) is 0 Å². The number of aryl methyl sites for hydroxylation is 1. The van der Waals surface area contributed by atoms with Gasteiger partial charge in [0.2, 0.25) is 0 Å². The van der Waals surface area contributed by atoms with Gasteiger partial charge in [-0.05, 0) is 18.6 Å². The molecule has 0 bridgehead atoms. The highest BCUT2D eigenvalue weighted by Crippen LogP contribution is 2.19. The molecule has 0 saturated heterocycles. The van der Waals surface area contributed by atoms with Crippen molar-refractivity contribution in [3.8, 4) is 0 Å². The summed E-state index contributed by atoms with van der Waals surface area (Å²) in [4.78, 5) is 8.53. The molecule has 0 aliphatic carbocycles. The molecule has 3 N–H and O–H groups in total. The number of aromatic nitrogens is 2. The fraction of sp³-hybridized carbons (Fsp3) is 0.154. The van der Waals surface area contributed by atoms with Crippen molar-refractivity contribution in [3.63, 3.8) is 0 Å². The van der Waals surface area contributed by atoms with Crippen LogP contribution in [0.2, 0.25) is 0 Å². The molecule has 5 heteroatoms. The van der Waals surface area contributed by atoms with E-state index in [1.54, 1.807) is 18.0 Å². The van der Waals surface area contributed by atoms with Crippen molar-refractivity contribution in [1.82, 2.24) is 9.97 Å². The van der Waals surface area contributed by atoms with Crippen LogP contribution in [0.3, 0.4) is 0 Å². The molecule has 2 rings (SSSR count). The number of rotatable bonds is 4. The largest absolute Gasteiger partial charge is 0.384 e. The first-order valence-corrected chi connectivity index (χ1v) is 6.49. The third kappa shape index (κ3) is 3.30. The van der Waals surface area contributed by atoms with Gasteiger partial charge in [0.05, 0.1) is 0 Å². The average Bonchev–Trinajstić information content (AvgIpc) is 2.37. The smallest absolute Gasteiger partial charge is 0.188 e. The van der Waals surface area contributed by atoms with Gasteiger partial charge < -0.3 is 5.73 Å². The molecule has 1 heterocycles. The van der Waals surface area contributed by atoms with Crippen LogP contribution >= 0.6 is 11.8 Å². The molecule has 4 nitrogen and oxygen atoms in total. The molecule has 2 aromatic rings. The lowest BCUT2D eigenvalue weighted by Crippen LogP contribution is -2.10. The van der Waals surface area contributed by atoms with E-state index in [-0.39, 0.29) is 5.84 Å². The first kappa shape index (κ1) is 12.6. The van der Waals surface area contributed by atoms with Crippen molar-refractivity contribution in [3.05, 3.63) is 53.3 Å². The monoisotopic (exact) mass is 258 g/mol. The minimum absolute atomic E-state index is 0.0937. The molecule has 0 aliphatic heterocycles. The summed E-state index contributed by atoms with van der Waals surface area (Å²) in [7, 11) is 0.